The van der Waals surface area contributed by atoms with Gasteiger partial charge in [0.25, 0.3) is 30.1 Å². The maximum absolute atomic E-state index is 13.8. The van der Waals surface area contributed by atoms with E-state index in [1.54, 1.807) is 188 Å². The maximum atomic E-state index is 13.8. The first-order valence-electron chi connectivity index (χ1n) is 33.7. The van der Waals surface area contributed by atoms with E-state index in [0.717, 1.165) is 33.4 Å². The van der Waals surface area contributed by atoms with Gasteiger partial charge in [0.2, 0.25) is 0 Å². The van der Waals surface area contributed by atoms with E-state index in [2.05, 4.69) is 15.3 Å². The normalized spacial score (nSPS) is 14.2. The van der Waals surface area contributed by atoms with E-state index < -0.39 is 53.5 Å². The number of carbonyl (C=O) groups is 6. The minimum atomic E-state index is -4.09. The Balaban J connectivity index is 0.000000184. The van der Waals surface area contributed by atoms with Gasteiger partial charge < -0.3 is 33.2 Å². The molecule has 30 heteroatoms. The monoisotopic (exact) mass is 1510 g/mol. The lowest BCUT2D eigenvalue weighted by Crippen LogP contribution is -2.31. The number of ether oxygens (including phenoxy) is 6. The largest absolute Gasteiger partial charge is 0.497 e. The van der Waals surface area contributed by atoms with Crippen LogP contribution in [0.15, 0.2) is 179 Å². The summed E-state index contributed by atoms with van der Waals surface area (Å²) in [5.74, 6) is 0.943. The molecule has 2 atom stereocenters. The Labute approximate surface area is 616 Å². The standard InChI is InChI=1S/C26H31N3O6S.2C25H27N3O6S/c1-19(30)6-5-15-29-25(20(2)31)16-26(27-29)36(32,33)28(17-21-7-11-23(34-3)12-8-21)18-22-9-13-24(35-4)14-10-22;2*1-17(29)22-12-13-28-23(25(22)30)14-24(26-28)35(31,32)27(15-18-4-8-20(33-2)9-5-18)16-19-6-10-21(34-3)11-7-19/h7-14,16H,5-6,15,17-18H2,1-4H3;2*4-11,14,22H,12-13,15-16H2,1-3H3. The molecule has 2 aliphatic heterocycles. The highest BCUT2D eigenvalue weighted by Crippen LogP contribution is 2.32. The van der Waals surface area contributed by atoms with Crippen LogP contribution in [0.1, 0.15) is 118 Å². The summed E-state index contributed by atoms with van der Waals surface area (Å²) < 4.78 is 122. The number of ketones is 6. The molecular weight excluding hydrogens is 1420 g/mol. The first kappa shape index (κ1) is 79.6. The fraction of sp³-hybridized carbons (Fsp3) is 0.329. The Bertz CT molecular complexity index is 4590. The highest BCUT2D eigenvalue weighted by molar-refractivity contribution is 7.89. The van der Waals surface area contributed by atoms with E-state index in [-0.39, 0.29) is 101 Å². The first-order valence-corrected chi connectivity index (χ1v) is 38.0. The topological polar surface area (TPSA) is 323 Å². The number of benzene rings is 6. The van der Waals surface area contributed by atoms with Crippen LogP contribution in [0.2, 0.25) is 0 Å². The van der Waals surface area contributed by atoms with Crippen LogP contribution in [0.5, 0.6) is 34.5 Å². The van der Waals surface area contributed by atoms with Crippen LogP contribution in [-0.4, -0.2) is 145 Å². The van der Waals surface area contributed by atoms with E-state index in [9.17, 15) is 54.0 Å². The summed E-state index contributed by atoms with van der Waals surface area (Å²) in [6, 6.07) is 46.7. The molecular formula is C76H85N9O18S3. The Morgan fingerprint density at radius 2 is 0.651 bits per heavy atom. The van der Waals surface area contributed by atoms with Crippen LogP contribution < -0.4 is 28.4 Å². The number of aromatic nitrogens is 6. The molecule has 2 unspecified atom stereocenters. The molecule has 0 bridgehead atoms. The van der Waals surface area contributed by atoms with Crippen molar-refractivity contribution < 1.29 is 82.4 Å². The Morgan fingerprint density at radius 3 is 0.877 bits per heavy atom. The third-order valence-corrected chi connectivity index (χ3v) is 22.8. The lowest BCUT2D eigenvalue weighted by Gasteiger charge is -2.21. The third-order valence-electron chi connectivity index (χ3n) is 17.8. The number of methoxy groups -OCH3 is 6. The number of aryl methyl sites for hydroxylation is 3. The number of hydrogen-bond donors (Lipinski definition) is 0. The minimum Gasteiger partial charge on any atom is -0.497 e. The van der Waals surface area contributed by atoms with Crippen molar-refractivity contribution in [2.24, 2.45) is 11.8 Å². The van der Waals surface area contributed by atoms with Gasteiger partial charge in [-0.05, 0) is 146 Å². The second-order valence-corrected chi connectivity index (χ2v) is 30.8. The predicted octanol–water partition coefficient (Wildman–Crippen LogP) is 10.0. The van der Waals surface area contributed by atoms with Gasteiger partial charge in [-0.15, -0.1) is 0 Å². The van der Waals surface area contributed by atoms with Crippen LogP contribution in [0.25, 0.3) is 0 Å². The van der Waals surface area contributed by atoms with Crippen molar-refractivity contribution in [3.63, 3.8) is 0 Å². The number of sulfonamides is 3. The summed E-state index contributed by atoms with van der Waals surface area (Å²) in [4.78, 5) is 72.7. The zero-order valence-electron chi connectivity index (χ0n) is 60.5. The van der Waals surface area contributed by atoms with Crippen LogP contribution in [0.4, 0.5) is 0 Å². The molecule has 6 aromatic carbocycles. The van der Waals surface area contributed by atoms with Crippen LogP contribution in [-0.2, 0) is 103 Å². The molecule has 9 aromatic rings. The molecule has 0 radical (unpaired) electrons. The predicted molar refractivity (Wildman–Crippen MR) is 390 cm³/mol. The second kappa shape index (κ2) is 35.5. The van der Waals surface area contributed by atoms with Gasteiger partial charge in [-0.3, -0.25) is 38.0 Å². The molecule has 11 rings (SSSR count). The average molecular weight is 1510 g/mol. The summed E-state index contributed by atoms with van der Waals surface area (Å²) in [5, 5.41) is 12.1. The molecule has 0 amide bonds. The zero-order chi connectivity index (χ0) is 76.6. The van der Waals surface area contributed by atoms with Crippen molar-refractivity contribution in [2.45, 2.75) is 127 Å². The van der Waals surface area contributed by atoms with Gasteiger partial charge in [-0.2, -0.15) is 28.2 Å². The van der Waals surface area contributed by atoms with Gasteiger partial charge in [0.1, 0.15) is 68.9 Å². The zero-order valence-corrected chi connectivity index (χ0v) is 63.0. The van der Waals surface area contributed by atoms with Gasteiger partial charge in [0, 0.05) is 90.4 Å². The minimum absolute atomic E-state index is 0.0181. The van der Waals surface area contributed by atoms with E-state index in [1.807, 2.05) is 0 Å². The molecule has 0 saturated heterocycles. The summed E-state index contributed by atoms with van der Waals surface area (Å²) in [6.45, 7) is 6.99. The van der Waals surface area contributed by atoms with Crippen molar-refractivity contribution in [1.82, 2.24) is 42.3 Å². The lowest BCUT2D eigenvalue weighted by atomic mass is 9.91. The number of Topliss-reactive ketones (excluding diaryl/α,β-unsaturated/α-hetero) is 6. The van der Waals surface area contributed by atoms with Gasteiger partial charge in [0.15, 0.2) is 32.4 Å². The number of hydrogen-bond acceptors (Lipinski definition) is 21. The molecule has 0 fully saturated rings. The Kier molecular flexibility index (Phi) is 26.7. The van der Waals surface area contributed by atoms with Crippen molar-refractivity contribution in [3.8, 4) is 34.5 Å². The number of carbonyl (C=O) groups excluding carboxylic acids is 6. The molecule has 560 valence electrons. The molecule has 0 saturated carbocycles. The van der Waals surface area contributed by atoms with Gasteiger partial charge in [-0.25, -0.2) is 25.3 Å². The van der Waals surface area contributed by atoms with Crippen molar-refractivity contribution in [2.75, 3.05) is 42.7 Å². The summed E-state index contributed by atoms with van der Waals surface area (Å²) in [7, 11) is -2.87. The van der Waals surface area contributed by atoms with E-state index in [4.69, 9.17) is 28.4 Å². The van der Waals surface area contributed by atoms with Crippen LogP contribution >= 0.6 is 0 Å². The highest BCUT2D eigenvalue weighted by Gasteiger charge is 2.39. The fourth-order valence-corrected chi connectivity index (χ4v) is 15.9. The molecule has 2 aliphatic rings. The molecule has 0 spiro atoms. The molecule has 0 aliphatic carbocycles. The first-order chi connectivity index (χ1) is 50.6. The van der Waals surface area contributed by atoms with E-state index >= 15 is 0 Å². The third kappa shape index (κ3) is 19.7. The van der Waals surface area contributed by atoms with E-state index in [0.29, 0.717) is 73.3 Å². The smallest absolute Gasteiger partial charge is 0.263 e. The van der Waals surface area contributed by atoms with Crippen LogP contribution in [0, 0.1) is 11.8 Å². The summed E-state index contributed by atoms with van der Waals surface area (Å²) >= 11 is 0. The molecule has 5 heterocycles. The number of nitrogens with zero attached hydrogens (tertiary/aromatic N) is 9. The van der Waals surface area contributed by atoms with E-state index in [1.165, 1.54) is 72.9 Å². The molecule has 3 aromatic heterocycles. The lowest BCUT2D eigenvalue weighted by molar-refractivity contribution is -0.120. The van der Waals surface area contributed by atoms with Crippen molar-refractivity contribution in [1.29, 1.82) is 0 Å². The van der Waals surface area contributed by atoms with Crippen molar-refractivity contribution in [3.05, 3.63) is 214 Å². The summed E-state index contributed by atoms with van der Waals surface area (Å²) in [5.41, 5.74) is 5.05. The molecule has 0 N–H and O–H groups in total. The average Bonchev–Trinajstić information content (AvgIpc) is 1.63. The summed E-state index contributed by atoms with van der Waals surface area (Å²) in [6.07, 6.45) is 1.39. The van der Waals surface area contributed by atoms with Crippen molar-refractivity contribution >= 4 is 64.8 Å². The Hall–Kier alpha value is -10.5. The van der Waals surface area contributed by atoms with Crippen LogP contribution in [0.3, 0.4) is 0 Å². The van der Waals surface area contributed by atoms with Gasteiger partial charge in [0.05, 0.1) is 54.5 Å². The SMILES string of the molecule is COc1ccc(CN(Cc2ccc(OC)cc2)S(=O)(=O)c2cc(C(C)=O)n(CCCC(C)=O)n2)cc1.COc1ccc(CN(Cc2ccc(OC)cc2)S(=O)(=O)c2cc3n(n2)CCC(C(C)=O)C3=O)cc1.COc1ccc(CN(Cc2ccc(OC)cc2)S(=O)(=O)c2cc3n(n2)CCC(C(C)=O)C3=O)cc1. The maximum Gasteiger partial charge on any atom is 0.263 e. The number of fused-ring (bicyclic) bond motifs is 2. The Morgan fingerprint density at radius 1 is 0.396 bits per heavy atom. The molecule has 27 nitrogen and oxygen atoms in total. The second-order valence-electron chi connectivity index (χ2n) is 25.2. The number of rotatable bonds is 31. The van der Waals surface area contributed by atoms with Gasteiger partial charge in [-0.1, -0.05) is 72.8 Å². The fourth-order valence-electron chi connectivity index (χ4n) is 11.8. The van der Waals surface area contributed by atoms with Gasteiger partial charge >= 0.3 is 0 Å². The molecule has 106 heavy (non-hydrogen) atoms. The highest BCUT2D eigenvalue weighted by atomic mass is 32.2. The quantitative estimate of drug-likeness (QED) is 0.0288.